The Morgan fingerprint density at radius 2 is 2.42 bits per heavy atom. The zero-order chi connectivity index (χ0) is 9.03. The summed E-state index contributed by atoms with van der Waals surface area (Å²) >= 11 is 6.56. The molecule has 0 aliphatic rings. The van der Waals surface area contributed by atoms with Gasteiger partial charge in [0.2, 0.25) is 10.0 Å². The molecule has 68 valence electrons. The average molecular weight is 227 g/mol. The van der Waals surface area contributed by atoms with E-state index in [4.69, 9.17) is 11.6 Å². The Bertz CT molecular complexity index is 321. The molecule has 0 spiro atoms. The van der Waals surface area contributed by atoms with Crippen LogP contribution in [0.4, 0.5) is 0 Å². The Hall–Kier alpha value is -0.170. The van der Waals surface area contributed by atoms with Crippen molar-refractivity contribution < 1.29 is 8.42 Å². The van der Waals surface area contributed by atoms with Gasteiger partial charge in [0.05, 0.1) is 5.51 Å². The smallest absolute Gasteiger partial charge is 0.225 e. The maximum Gasteiger partial charge on any atom is 0.225 e. The van der Waals surface area contributed by atoms with Gasteiger partial charge in [0.25, 0.3) is 0 Å². The third kappa shape index (κ3) is 3.06. The van der Waals surface area contributed by atoms with Gasteiger partial charge in [-0.1, -0.05) is 0 Å². The largest absolute Gasteiger partial charge is 0.253 e. The summed E-state index contributed by atoms with van der Waals surface area (Å²) in [6, 6.07) is 0. The van der Waals surface area contributed by atoms with Gasteiger partial charge in [0.15, 0.2) is 0 Å². The molecule has 4 nitrogen and oxygen atoms in total. The number of sulfonamides is 1. The first kappa shape index (κ1) is 9.91. The van der Waals surface area contributed by atoms with Gasteiger partial charge in [-0.25, -0.2) is 13.1 Å². The van der Waals surface area contributed by atoms with Crippen molar-refractivity contribution in [2.45, 2.75) is 6.54 Å². The van der Waals surface area contributed by atoms with Crippen LogP contribution < -0.4 is 4.72 Å². The van der Waals surface area contributed by atoms with Crippen molar-refractivity contribution in [1.29, 1.82) is 0 Å². The molecule has 0 aliphatic heterocycles. The van der Waals surface area contributed by atoms with Gasteiger partial charge in [-0.3, -0.25) is 4.98 Å². The Balaban J connectivity index is 2.47. The van der Waals surface area contributed by atoms with Crippen LogP contribution in [-0.4, -0.2) is 18.6 Å². The van der Waals surface area contributed by atoms with Crippen LogP contribution in [0.3, 0.4) is 0 Å². The number of hydrogen-bond donors (Lipinski definition) is 1. The highest BCUT2D eigenvalue weighted by molar-refractivity contribution is 7.90. The number of rotatable bonds is 4. The van der Waals surface area contributed by atoms with Crippen molar-refractivity contribution in [3.8, 4) is 0 Å². The van der Waals surface area contributed by atoms with E-state index in [1.807, 2.05) is 0 Å². The van der Waals surface area contributed by atoms with E-state index in [1.54, 1.807) is 11.7 Å². The number of halogens is 1. The normalized spacial score (nSPS) is 11.8. The van der Waals surface area contributed by atoms with Crippen molar-refractivity contribution in [3.05, 3.63) is 16.6 Å². The number of aromatic nitrogens is 1. The van der Waals surface area contributed by atoms with Crippen molar-refractivity contribution in [2.24, 2.45) is 0 Å². The van der Waals surface area contributed by atoms with Gasteiger partial charge in [-0.05, 0) is 0 Å². The summed E-state index contributed by atoms with van der Waals surface area (Å²) < 4.78 is 24.0. The summed E-state index contributed by atoms with van der Waals surface area (Å²) in [7, 11) is -3.30. The third-order valence-corrected chi connectivity index (χ3v) is 3.61. The molecule has 1 aromatic rings. The van der Waals surface area contributed by atoms with Crippen LogP contribution in [0.15, 0.2) is 11.7 Å². The average Bonchev–Trinajstić information content (AvgIpc) is 2.53. The first-order valence-electron chi connectivity index (χ1n) is 3.05. The first-order chi connectivity index (χ1) is 5.64. The van der Waals surface area contributed by atoms with Gasteiger partial charge >= 0.3 is 0 Å². The van der Waals surface area contributed by atoms with E-state index in [0.29, 0.717) is 0 Å². The lowest BCUT2D eigenvalue weighted by molar-refractivity contribution is 0.586. The van der Waals surface area contributed by atoms with Crippen LogP contribution in [0.2, 0.25) is 0 Å². The van der Waals surface area contributed by atoms with Crippen molar-refractivity contribution in [2.75, 3.05) is 5.21 Å². The molecule has 1 rings (SSSR count). The highest BCUT2D eigenvalue weighted by atomic mass is 35.5. The van der Waals surface area contributed by atoms with Gasteiger partial charge in [0, 0.05) is 17.6 Å². The summed E-state index contributed by atoms with van der Waals surface area (Å²) in [4.78, 5) is 4.66. The third-order valence-electron chi connectivity index (χ3n) is 1.09. The van der Waals surface area contributed by atoms with E-state index in [1.165, 1.54) is 11.3 Å². The minimum Gasteiger partial charge on any atom is -0.253 e. The minimum atomic E-state index is -3.30. The fourth-order valence-electron chi connectivity index (χ4n) is 0.549. The van der Waals surface area contributed by atoms with E-state index >= 15 is 0 Å². The van der Waals surface area contributed by atoms with Crippen LogP contribution in [0.25, 0.3) is 0 Å². The number of nitrogens with zero attached hydrogens (tertiary/aromatic N) is 1. The van der Waals surface area contributed by atoms with Crippen LogP contribution in [0.5, 0.6) is 0 Å². The Labute approximate surface area is 79.6 Å². The molecule has 0 unspecified atom stereocenters. The Morgan fingerprint density at radius 3 is 2.92 bits per heavy atom. The zero-order valence-corrected chi connectivity index (χ0v) is 8.42. The van der Waals surface area contributed by atoms with Crippen molar-refractivity contribution in [3.63, 3.8) is 0 Å². The molecule has 0 aliphatic carbocycles. The van der Waals surface area contributed by atoms with Gasteiger partial charge in [-0.15, -0.1) is 22.9 Å². The van der Waals surface area contributed by atoms with Gasteiger partial charge in [0.1, 0.15) is 5.21 Å². The predicted octanol–water partition coefficient (Wildman–Crippen LogP) is 0.759. The summed E-state index contributed by atoms with van der Waals surface area (Å²) in [5.41, 5.74) is 1.64. The van der Waals surface area contributed by atoms with E-state index in [2.05, 4.69) is 9.71 Å². The molecule has 0 radical (unpaired) electrons. The van der Waals surface area contributed by atoms with Crippen LogP contribution in [0.1, 0.15) is 4.88 Å². The van der Waals surface area contributed by atoms with Gasteiger partial charge in [-0.2, -0.15) is 0 Å². The monoisotopic (exact) mass is 226 g/mol. The summed E-state index contributed by atoms with van der Waals surface area (Å²) in [6.45, 7) is 0.264. The van der Waals surface area contributed by atoms with Crippen molar-refractivity contribution >= 4 is 33.0 Å². The number of nitrogens with one attached hydrogen (secondary N) is 1. The van der Waals surface area contributed by atoms with Crippen molar-refractivity contribution in [1.82, 2.24) is 9.71 Å². The Kier molecular flexibility index (Phi) is 3.45. The standard InChI is InChI=1S/C5H7ClN2O2S2/c6-3-12(9,10)8-2-5-1-7-4-11-5/h1,4,8H,2-3H2. The molecule has 0 amide bonds. The second-order valence-corrected chi connectivity index (χ2v) is 5.37. The molecule has 0 saturated carbocycles. The fourth-order valence-corrected chi connectivity index (χ4v) is 1.86. The molecule has 7 heteroatoms. The van der Waals surface area contributed by atoms with E-state index in [9.17, 15) is 8.42 Å². The quantitative estimate of drug-likeness (QED) is 0.772. The maximum atomic E-state index is 10.8. The Morgan fingerprint density at radius 1 is 1.67 bits per heavy atom. The highest BCUT2D eigenvalue weighted by Crippen LogP contribution is 2.05. The molecule has 0 aromatic carbocycles. The second-order valence-electron chi connectivity index (χ2n) is 2.01. The maximum absolute atomic E-state index is 10.8. The van der Waals surface area contributed by atoms with E-state index < -0.39 is 15.2 Å². The molecular weight excluding hydrogens is 220 g/mol. The lowest BCUT2D eigenvalue weighted by Gasteiger charge is -1.99. The van der Waals surface area contributed by atoms with Crippen LogP contribution >= 0.6 is 22.9 Å². The molecule has 0 fully saturated rings. The molecular formula is C5H7ClN2O2S2. The molecule has 0 saturated heterocycles. The van der Waals surface area contributed by atoms with Crippen LogP contribution in [-0.2, 0) is 16.6 Å². The molecule has 0 bridgehead atoms. The predicted molar refractivity (Wildman–Crippen MR) is 48.6 cm³/mol. The second kappa shape index (κ2) is 4.18. The summed E-state index contributed by atoms with van der Waals surface area (Å²) in [5.74, 6) is 0. The molecule has 1 aromatic heterocycles. The highest BCUT2D eigenvalue weighted by Gasteiger charge is 2.07. The van der Waals surface area contributed by atoms with E-state index in [0.717, 1.165) is 4.88 Å². The number of hydrogen-bond acceptors (Lipinski definition) is 4. The molecule has 12 heavy (non-hydrogen) atoms. The first-order valence-corrected chi connectivity index (χ1v) is 6.11. The zero-order valence-electron chi connectivity index (χ0n) is 6.03. The summed E-state index contributed by atoms with van der Waals surface area (Å²) in [6.07, 6.45) is 1.61. The topological polar surface area (TPSA) is 59.1 Å². The lowest BCUT2D eigenvalue weighted by atomic mass is 10.6. The number of thiazole rings is 1. The lowest BCUT2D eigenvalue weighted by Crippen LogP contribution is -2.23. The SMILES string of the molecule is O=S(=O)(CCl)NCc1cncs1. The van der Waals surface area contributed by atoms with Gasteiger partial charge < -0.3 is 0 Å². The van der Waals surface area contributed by atoms with Crippen LogP contribution in [0, 0.1) is 0 Å². The van der Waals surface area contributed by atoms with E-state index in [-0.39, 0.29) is 6.54 Å². The number of alkyl halides is 1. The molecule has 1 heterocycles. The fraction of sp³-hybridized carbons (Fsp3) is 0.400. The summed E-state index contributed by atoms with van der Waals surface area (Å²) in [5, 5.41) is -0.411. The minimum absolute atomic E-state index is 0.264. The molecule has 0 atom stereocenters. The molecule has 1 N–H and O–H groups in total.